The minimum absolute atomic E-state index is 0.00670. The van der Waals surface area contributed by atoms with Gasteiger partial charge in [0.05, 0.1) is 12.5 Å². The Balaban J connectivity index is 1.35. The maximum absolute atomic E-state index is 13.1. The number of aliphatic carboxylic acids is 1. The summed E-state index contributed by atoms with van der Waals surface area (Å²) in [7, 11) is 0. The molecule has 0 radical (unpaired) electrons. The predicted octanol–water partition coefficient (Wildman–Crippen LogP) is 3.79. The summed E-state index contributed by atoms with van der Waals surface area (Å²) in [5.74, 6) is -0.450. The number of ether oxygens (including phenoxy) is 1. The fourth-order valence-corrected chi connectivity index (χ4v) is 4.56. The van der Waals surface area contributed by atoms with E-state index in [1.54, 1.807) is 12.1 Å². The van der Waals surface area contributed by atoms with Gasteiger partial charge in [-0.25, -0.2) is 4.39 Å². The van der Waals surface area contributed by atoms with E-state index in [9.17, 15) is 14.3 Å². The van der Waals surface area contributed by atoms with Crippen LogP contribution in [0.2, 0.25) is 0 Å². The Morgan fingerprint density at radius 1 is 1.19 bits per heavy atom. The van der Waals surface area contributed by atoms with Crippen LogP contribution in [0.15, 0.2) is 48.0 Å². The second-order valence-electron chi connectivity index (χ2n) is 8.97. The van der Waals surface area contributed by atoms with Gasteiger partial charge < -0.3 is 14.9 Å². The van der Waals surface area contributed by atoms with Crippen LogP contribution in [-0.4, -0.2) is 53.9 Å². The number of nitrogens with zero attached hydrogens (tertiary/aromatic N) is 1. The molecule has 170 valence electrons. The number of aryl methyl sites for hydroxylation is 1. The molecule has 2 N–H and O–H groups in total. The van der Waals surface area contributed by atoms with Crippen LogP contribution in [0.25, 0.3) is 5.57 Å². The van der Waals surface area contributed by atoms with E-state index >= 15 is 0 Å². The SMILES string of the molecule is CC1=C(CN2CC(C(=O)O)C2)CCc2cc(OCC(CO)Cc3ccc(F)cc3)ccc21. The first-order valence-electron chi connectivity index (χ1n) is 11.2. The summed E-state index contributed by atoms with van der Waals surface area (Å²) < 4.78 is 19.1. The number of likely N-dealkylation sites (tertiary alicyclic amines) is 1. The highest BCUT2D eigenvalue weighted by molar-refractivity contribution is 5.73. The Kier molecular flexibility index (Phi) is 6.92. The Labute approximate surface area is 188 Å². The van der Waals surface area contributed by atoms with Crippen molar-refractivity contribution in [3.05, 3.63) is 70.5 Å². The highest BCUT2D eigenvalue weighted by atomic mass is 19.1. The molecule has 2 aromatic carbocycles. The third kappa shape index (κ3) is 5.19. The molecule has 1 saturated heterocycles. The Morgan fingerprint density at radius 2 is 1.94 bits per heavy atom. The van der Waals surface area contributed by atoms with Crippen molar-refractivity contribution in [1.29, 1.82) is 0 Å². The summed E-state index contributed by atoms with van der Waals surface area (Å²) in [6.45, 7) is 4.66. The monoisotopic (exact) mass is 439 g/mol. The topological polar surface area (TPSA) is 70.0 Å². The van der Waals surface area contributed by atoms with Crippen LogP contribution < -0.4 is 4.74 Å². The van der Waals surface area contributed by atoms with E-state index in [0.717, 1.165) is 30.7 Å². The molecule has 2 aromatic rings. The number of halogens is 1. The third-order valence-electron chi connectivity index (χ3n) is 6.61. The van der Waals surface area contributed by atoms with Crippen molar-refractivity contribution in [2.75, 3.05) is 32.8 Å². The number of aliphatic hydroxyl groups is 1. The Bertz CT molecular complexity index is 995. The lowest BCUT2D eigenvalue weighted by atomic mass is 9.85. The lowest BCUT2D eigenvalue weighted by Crippen LogP contribution is -2.50. The molecule has 1 aliphatic carbocycles. The number of allylic oxidation sites excluding steroid dienone is 1. The van der Waals surface area contributed by atoms with E-state index in [2.05, 4.69) is 24.0 Å². The number of rotatable bonds is 9. The molecule has 2 aliphatic rings. The fraction of sp³-hybridized carbons (Fsp3) is 0.423. The Morgan fingerprint density at radius 3 is 2.62 bits per heavy atom. The first kappa shape index (κ1) is 22.5. The summed E-state index contributed by atoms with van der Waals surface area (Å²) in [4.78, 5) is 13.2. The van der Waals surface area contributed by atoms with Gasteiger partial charge in [0.1, 0.15) is 11.6 Å². The standard InChI is InChI=1S/C26H30FNO4/c1-17-21(12-28-13-22(14-28)26(30)31)5-4-20-11-24(8-9-25(17)20)32-16-19(15-29)10-18-2-6-23(27)7-3-18/h2-3,6-9,11,19,22,29H,4-5,10,12-16H2,1H3,(H,30,31). The van der Waals surface area contributed by atoms with Crippen LogP contribution >= 0.6 is 0 Å². The number of hydrogen-bond acceptors (Lipinski definition) is 4. The number of fused-ring (bicyclic) bond motifs is 1. The van der Waals surface area contributed by atoms with Gasteiger partial charge in [0.15, 0.2) is 0 Å². The van der Waals surface area contributed by atoms with Crippen molar-refractivity contribution in [2.24, 2.45) is 11.8 Å². The minimum atomic E-state index is -0.699. The zero-order valence-corrected chi connectivity index (χ0v) is 18.4. The number of hydrogen-bond donors (Lipinski definition) is 2. The third-order valence-corrected chi connectivity index (χ3v) is 6.61. The lowest BCUT2D eigenvalue weighted by molar-refractivity contribution is -0.147. The molecule has 0 aromatic heterocycles. The van der Waals surface area contributed by atoms with Gasteiger partial charge in [-0.1, -0.05) is 23.8 Å². The van der Waals surface area contributed by atoms with E-state index in [1.807, 2.05) is 6.07 Å². The van der Waals surface area contributed by atoms with Crippen LogP contribution in [0.5, 0.6) is 5.75 Å². The number of carboxylic acid groups (broad SMARTS) is 1. The summed E-state index contributed by atoms with van der Waals surface area (Å²) in [6.07, 6.45) is 2.54. The molecule has 1 aliphatic heterocycles. The van der Waals surface area contributed by atoms with Gasteiger partial charge in [0.2, 0.25) is 0 Å². The molecule has 5 nitrogen and oxygen atoms in total. The van der Waals surface area contributed by atoms with Gasteiger partial charge in [-0.3, -0.25) is 9.69 Å². The molecule has 6 heteroatoms. The van der Waals surface area contributed by atoms with Gasteiger partial charge in [-0.15, -0.1) is 0 Å². The largest absolute Gasteiger partial charge is 0.493 e. The average Bonchev–Trinajstić information content (AvgIpc) is 2.75. The van der Waals surface area contributed by atoms with Crippen LogP contribution in [0.1, 0.15) is 30.0 Å². The smallest absolute Gasteiger partial charge is 0.309 e. The van der Waals surface area contributed by atoms with Crippen molar-refractivity contribution in [2.45, 2.75) is 26.2 Å². The van der Waals surface area contributed by atoms with Gasteiger partial charge in [0.25, 0.3) is 0 Å². The molecule has 0 bridgehead atoms. The van der Waals surface area contributed by atoms with E-state index in [-0.39, 0.29) is 24.3 Å². The van der Waals surface area contributed by atoms with Crippen LogP contribution in [0.3, 0.4) is 0 Å². The Hall–Kier alpha value is -2.70. The number of carboxylic acids is 1. The minimum Gasteiger partial charge on any atom is -0.493 e. The fourth-order valence-electron chi connectivity index (χ4n) is 4.56. The summed E-state index contributed by atoms with van der Waals surface area (Å²) in [5, 5.41) is 18.8. The van der Waals surface area contributed by atoms with Crippen LogP contribution in [0.4, 0.5) is 4.39 Å². The van der Waals surface area contributed by atoms with Crippen molar-refractivity contribution in [1.82, 2.24) is 4.90 Å². The number of carbonyl (C=O) groups is 1. The zero-order valence-electron chi connectivity index (χ0n) is 18.4. The van der Waals surface area contributed by atoms with E-state index in [1.165, 1.54) is 34.4 Å². The maximum atomic E-state index is 13.1. The lowest BCUT2D eigenvalue weighted by Gasteiger charge is -2.38. The van der Waals surface area contributed by atoms with Crippen LogP contribution in [-0.2, 0) is 17.6 Å². The van der Waals surface area contributed by atoms with Crippen LogP contribution in [0, 0.1) is 17.7 Å². The van der Waals surface area contributed by atoms with E-state index in [0.29, 0.717) is 26.1 Å². The number of benzene rings is 2. The molecule has 1 unspecified atom stereocenters. The molecule has 4 rings (SSSR count). The molecule has 0 spiro atoms. The first-order valence-corrected chi connectivity index (χ1v) is 11.2. The molecule has 1 fully saturated rings. The van der Waals surface area contributed by atoms with Gasteiger partial charge in [-0.05, 0) is 72.7 Å². The van der Waals surface area contributed by atoms with Crippen molar-refractivity contribution < 1.29 is 24.1 Å². The van der Waals surface area contributed by atoms with Gasteiger partial charge in [0, 0.05) is 32.2 Å². The van der Waals surface area contributed by atoms with Gasteiger partial charge >= 0.3 is 5.97 Å². The number of aliphatic hydroxyl groups excluding tert-OH is 1. The second kappa shape index (κ2) is 9.84. The molecule has 0 saturated carbocycles. The predicted molar refractivity (Wildman–Crippen MR) is 121 cm³/mol. The summed E-state index contributed by atoms with van der Waals surface area (Å²) in [5.41, 5.74) is 6.13. The van der Waals surface area contributed by atoms with Crippen molar-refractivity contribution in [3.63, 3.8) is 0 Å². The van der Waals surface area contributed by atoms with Crippen molar-refractivity contribution >= 4 is 11.5 Å². The quantitative estimate of drug-likeness (QED) is 0.622. The highest BCUT2D eigenvalue weighted by Gasteiger charge is 2.33. The molecule has 32 heavy (non-hydrogen) atoms. The molecular weight excluding hydrogens is 409 g/mol. The summed E-state index contributed by atoms with van der Waals surface area (Å²) >= 11 is 0. The first-order chi connectivity index (χ1) is 15.4. The summed E-state index contributed by atoms with van der Waals surface area (Å²) in [6, 6.07) is 12.5. The molecule has 1 atom stereocenters. The maximum Gasteiger partial charge on any atom is 0.309 e. The van der Waals surface area contributed by atoms with E-state index in [4.69, 9.17) is 9.84 Å². The highest BCUT2D eigenvalue weighted by Crippen LogP contribution is 2.34. The molecule has 0 amide bonds. The second-order valence-corrected chi connectivity index (χ2v) is 8.97. The molecule has 1 heterocycles. The normalized spacial score (nSPS) is 17.6. The van der Waals surface area contributed by atoms with Gasteiger partial charge in [-0.2, -0.15) is 0 Å². The zero-order chi connectivity index (χ0) is 22.7. The van der Waals surface area contributed by atoms with Crippen molar-refractivity contribution in [3.8, 4) is 5.75 Å². The molecular formula is C26H30FNO4. The van der Waals surface area contributed by atoms with E-state index < -0.39 is 5.97 Å². The average molecular weight is 440 g/mol.